The van der Waals surface area contributed by atoms with Gasteiger partial charge in [0.1, 0.15) is 0 Å². The zero-order valence-electron chi connectivity index (χ0n) is 8.45. The molecule has 1 aromatic carbocycles. The summed E-state index contributed by atoms with van der Waals surface area (Å²) in [5, 5.41) is 0. The van der Waals surface area contributed by atoms with Gasteiger partial charge < -0.3 is 11.5 Å². The molecule has 4 N–H and O–H groups in total. The van der Waals surface area contributed by atoms with E-state index in [-0.39, 0.29) is 6.04 Å². The Kier molecular flexibility index (Phi) is 4.20. The lowest BCUT2D eigenvalue weighted by Crippen LogP contribution is -2.23. The van der Waals surface area contributed by atoms with Crippen LogP contribution in [-0.2, 0) is 6.42 Å². The SMILES string of the molecule is C=C(N)CC[C@@H](N)Cc1ccccc1. The van der Waals surface area contributed by atoms with E-state index in [1.165, 1.54) is 5.56 Å². The molecule has 1 aromatic rings. The summed E-state index contributed by atoms with van der Waals surface area (Å²) in [4.78, 5) is 0. The average Bonchev–Trinajstić information content (AvgIpc) is 2.16. The molecule has 0 unspecified atom stereocenters. The fraction of sp³-hybridized carbons (Fsp3) is 0.333. The van der Waals surface area contributed by atoms with E-state index in [4.69, 9.17) is 11.5 Å². The van der Waals surface area contributed by atoms with Crippen LogP contribution in [0.25, 0.3) is 0 Å². The van der Waals surface area contributed by atoms with Crippen molar-refractivity contribution in [2.45, 2.75) is 25.3 Å². The molecule has 0 aliphatic rings. The fourth-order valence-electron chi connectivity index (χ4n) is 1.39. The molecule has 0 saturated heterocycles. The monoisotopic (exact) mass is 190 g/mol. The second kappa shape index (κ2) is 5.45. The zero-order valence-corrected chi connectivity index (χ0v) is 8.45. The van der Waals surface area contributed by atoms with Gasteiger partial charge in [0.05, 0.1) is 0 Å². The Labute approximate surface area is 85.6 Å². The highest BCUT2D eigenvalue weighted by atomic mass is 14.6. The third-order valence-corrected chi connectivity index (χ3v) is 2.18. The van der Waals surface area contributed by atoms with Gasteiger partial charge in [-0.25, -0.2) is 0 Å². The van der Waals surface area contributed by atoms with Gasteiger partial charge in [-0.05, 0) is 24.8 Å². The second-order valence-electron chi connectivity index (χ2n) is 3.65. The molecule has 0 bridgehead atoms. The van der Waals surface area contributed by atoms with Crippen LogP contribution in [-0.4, -0.2) is 6.04 Å². The van der Waals surface area contributed by atoms with Gasteiger partial charge in [0.25, 0.3) is 0 Å². The average molecular weight is 190 g/mol. The standard InChI is InChI=1S/C12H18N2/c1-10(13)7-8-12(14)9-11-5-3-2-4-6-11/h2-6,12H,1,7-9,13-14H2/t12-/m1/s1. The Morgan fingerprint density at radius 2 is 1.93 bits per heavy atom. The molecular weight excluding hydrogens is 172 g/mol. The van der Waals surface area contributed by atoms with Gasteiger partial charge in [-0.3, -0.25) is 0 Å². The first-order chi connectivity index (χ1) is 6.68. The predicted octanol–water partition coefficient (Wildman–Crippen LogP) is 1.81. The zero-order chi connectivity index (χ0) is 10.4. The molecule has 0 saturated carbocycles. The van der Waals surface area contributed by atoms with E-state index < -0.39 is 0 Å². The van der Waals surface area contributed by atoms with Crippen LogP contribution in [0.3, 0.4) is 0 Å². The third kappa shape index (κ3) is 4.10. The Bertz CT molecular complexity index is 280. The van der Waals surface area contributed by atoms with Crippen LogP contribution in [0.2, 0.25) is 0 Å². The van der Waals surface area contributed by atoms with Gasteiger partial charge in [-0.15, -0.1) is 0 Å². The summed E-state index contributed by atoms with van der Waals surface area (Å²) in [5.74, 6) is 0. The summed E-state index contributed by atoms with van der Waals surface area (Å²) < 4.78 is 0. The Hall–Kier alpha value is -1.28. The highest BCUT2D eigenvalue weighted by Crippen LogP contribution is 2.06. The summed E-state index contributed by atoms with van der Waals surface area (Å²) in [6.45, 7) is 3.66. The minimum absolute atomic E-state index is 0.178. The molecule has 0 amide bonds. The maximum absolute atomic E-state index is 5.96. The minimum atomic E-state index is 0.178. The van der Waals surface area contributed by atoms with Crippen molar-refractivity contribution in [1.29, 1.82) is 0 Å². The number of hydrogen-bond donors (Lipinski definition) is 2. The van der Waals surface area contributed by atoms with Gasteiger partial charge in [-0.1, -0.05) is 36.9 Å². The van der Waals surface area contributed by atoms with Crippen molar-refractivity contribution >= 4 is 0 Å². The van der Waals surface area contributed by atoms with E-state index in [0.717, 1.165) is 19.3 Å². The molecule has 2 nitrogen and oxygen atoms in total. The maximum Gasteiger partial charge on any atom is 0.00830 e. The largest absolute Gasteiger partial charge is 0.403 e. The van der Waals surface area contributed by atoms with Crippen LogP contribution < -0.4 is 11.5 Å². The van der Waals surface area contributed by atoms with Crippen LogP contribution >= 0.6 is 0 Å². The molecule has 0 heterocycles. The summed E-state index contributed by atoms with van der Waals surface area (Å²) in [6, 6.07) is 10.4. The van der Waals surface area contributed by atoms with Gasteiger partial charge in [0.2, 0.25) is 0 Å². The lowest BCUT2D eigenvalue weighted by molar-refractivity contribution is 0.607. The van der Waals surface area contributed by atoms with Crippen molar-refractivity contribution in [2.24, 2.45) is 11.5 Å². The molecule has 14 heavy (non-hydrogen) atoms. The molecule has 0 aromatic heterocycles. The van der Waals surface area contributed by atoms with Crippen molar-refractivity contribution in [2.75, 3.05) is 0 Å². The van der Waals surface area contributed by atoms with Crippen LogP contribution in [0.4, 0.5) is 0 Å². The number of benzene rings is 1. The molecular formula is C12H18N2. The van der Waals surface area contributed by atoms with E-state index in [1.807, 2.05) is 18.2 Å². The first-order valence-electron chi connectivity index (χ1n) is 4.91. The smallest absolute Gasteiger partial charge is 0.00830 e. The van der Waals surface area contributed by atoms with Crippen LogP contribution in [0.1, 0.15) is 18.4 Å². The Morgan fingerprint density at radius 3 is 2.50 bits per heavy atom. The highest BCUT2D eigenvalue weighted by Gasteiger charge is 2.03. The molecule has 1 atom stereocenters. The van der Waals surface area contributed by atoms with Crippen molar-refractivity contribution in [3.05, 3.63) is 48.2 Å². The van der Waals surface area contributed by atoms with Gasteiger partial charge in [0, 0.05) is 11.7 Å². The normalized spacial score (nSPS) is 12.4. The second-order valence-corrected chi connectivity index (χ2v) is 3.65. The minimum Gasteiger partial charge on any atom is -0.403 e. The fourth-order valence-corrected chi connectivity index (χ4v) is 1.39. The maximum atomic E-state index is 5.96. The van der Waals surface area contributed by atoms with Gasteiger partial charge >= 0.3 is 0 Å². The summed E-state index contributed by atoms with van der Waals surface area (Å²) in [5.41, 5.74) is 13.4. The van der Waals surface area contributed by atoms with Crippen LogP contribution in [0.5, 0.6) is 0 Å². The van der Waals surface area contributed by atoms with Gasteiger partial charge in [0.15, 0.2) is 0 Å². The lowest BCUT2D eigenvalue weighted by atomic mass is 10.0. The van der Waals surface area contributed by atoms with E-state index in [9.17, 15) is 0 Å². The van der Waals surface area contributed by atoms with Crippen molar-refractivity contribution in [3.63, 3.8) is 0 Å². The van der Waals surface area contributed by atoms with Gasteiger partial charge in [-0.2, -0.15) is 0 Å². The van der Waals surface area contributed by atoms with Crippen molar-refractivity contribution < 1.29 is 0 Å². The number of allylic oxidation sites excluding steroid dienone is 1. The quantitative estimate of drug-likeness (QED) is 0.744. The molecule has 0 aliphatic heterocycles. The highest BCUT2D eigenvalue weighted by molar-refractivity contribution is 5.15. The molecule has 0 fully saturated rings. The van der Waals surface area contributed by atoms with E-state index >= 15 is 0 Å². The Morgan fingerprint density at radius 1 is 1.29 bits per heavy atom. The van der Waals surface area contributed by atoms with E-state index in [1.54, 1.807) is 0 Å². The Balaban J connectivity index is 2.34. The molecule has 76 valence electrons. The third-order valence-electron chi connectivity index (χ3n) is 2.18. The molecule has 0 aliphatic carbocycles. The molecule has 0 spiro atoms. The molecule has 2 heteroatoms. The number of hydrogen-bond acceptors (Lipinski definition) is 2. The van der Waals surface area contributed by atoms with E-state index in [2.05, 4.69) is 18.7 Å². The van der Waals surface area contributed by atoms with Crippen LogP contribution in [0.15, 0.2) is 42.6 Å². The van der Waals surface area contributed by atoms with E-state index in [0.29, 0.717) is 5.70 Å². The number of rotatable bonds is 5. The van der Waals surface area contributed by atoms with Crippen LogP contribution in [0, 0.1) is 0 Å². The predicted molar refractivity (Wildman–Crippen MR) is 60.7 cm³/mol. The first-order valence-corrected chi connectivity index (χ1v) is 4.91. The molecule has 1 rings (SSSR count). The first kappa shape index (κ1) is 10.8. The van der Waals surface area contributed by atoms with Crippen molar-refractivity contribution in [3.8, 4) is 0 Å². The summed E-state index contributed by atoms with van der Waals surface area (Å²) >= 11 is 0. The number of nitrogens with two attached hydrogens (primary N) is 2. The summed E-state index contributed by atoms with van der Waals surface area (Å²) in [7, 11) is 0. The topological polar surface area (TPSA) is 52.0 Å². The summed E-state index contributed by atoms with van der Waals surface area (Å²) in [6.07, 6.45) is 2.63. The lowest BCUT2D eigenvalue weighted by Gasteiger charge is -2.11. The molecule has 0 radical (unpaired) electrons. The van der Waals surface area contributed by atoms with Crippen molar-refractivity contribution in [1.82, 2.24) is 0 Å².